The fraction of sp³-hybridized carbons (Fsp3) is 0.350. The van der Waals surface area contributed by atoms with Gasteiger partial charge in [0.25, 0.3) is 0 Å². The molecule has 0 saturated heterocycles. The first kappa shape index (κ1) is 20.2. The molecule has 0 aliphatic rings. The molecule has 0 bridgehead atoms. The van der Waals surface area contributed by atoms with E-state index in [0.29, 0.717) is 23.4 Å². The smallest absolute Gasteiger partial charge is 0.340 e. The van der Waals surface area contributed by atoms with Gasteiger partial charge in [-0.2, -0.15) is 0 Å². The molecule has 0 saturated carbocycles. The van der Waals surface area contributed by atoms with Gasteiger partial charge in [-0.15, -0.1) is 5.10 Å². The van der Waals surface area contributed by atoms with Crippen molar-refractivity contribution in [3.05, 3.63) is 46.3 Å². The molecule has 3 rings (SSSR count). The third kappa shape index (κ3) is 3.89. The summed E-state index contributed by atoms with van der Waals surface area (Å²) in [5.41, 5.74) is 3.02. The Kier molecular flexibility index (Phi) is 5.76. The number of hydrogen-bond acceptors (Lipinski definition) is 7. The van der Waals surface area contributed by atoms with Gasteiger partial charge in [0.1, 0.15) is 5.52 Å². The first-order valence-corrected chi connectivity index (χ1v) is 9.27. The average molecular weight is 398 g/mol. The van der Waals surface area contributed by atoms with Crippen LogP contribution in [-0.4, -0.2) is 50.9 Å². The number of rotatable bonds is 7. The van der Waals surface area contributed by atoms with Gasteiger partial charge >= 0.3 is 11.9 Å². The number of ketones is 1. The van der Waals surface area contributed by atoms with Gasteiger partial charge in [0.2, 0.25) is 5.78 Å². The van der Waals surface area contributed by atoms with E-state index < -0.39 is 24.3 Å². The number of hydrogen-bond donors (Lipinski definition) is 1. The van der Waals surface area contributed by atoms with Crippen LogP contribution in [0.5, 0.6) is 0 Å². The van der Waals surface area contributed by atoms with E-state index in [9.17, 15) is 14.4 Å². The van der Waals surface area contributed by atoms with Crippen molar-refractivity contribution < 1.29 is 23.9 Å². The summed E-state index contributed by atoms with van der Waals surface area (Å²) in [5.74, 6) is -1.73. The minimum Gasteiger partial charge on any atom is -0.462 e. The average Bonchev–Trinajstić information content (AvgIpc) is 3.24. The van der Waals surface area contributed by atoms with Gasteiger partial charge in [-0.05, 0) is 45.9 Å². The van der Waals surface area contributed by atoms with Crippen LogP contribution in [0.2, 0.25) is 0 Å². The lowest BCUT2D eigenvalue weighted by Crippen LogP contribution is -2.18. The summed E-state index contributed by atoms with van der Waals surface area (Å²) in [4.78, 5) is 40.2. The van der Waals surface area contributed by atoms with Crippen LogP contribution in [0.25, 0.3) is 11.0 Å². The predicted molar refractivity (Wildman–Crippen MR) is 104 cm³/mol. The fourth-order valence-electron chi connectivity index (χ4n) is 3.21. The molecule has 1 aromatic carbocycles. The molecule has 0 amide bonds. The van der Waals surface area contributed by atoms with Gasteiger partial charge in [0.05, 0.1) is 28.8 Å². The Morgan fingerprint density at radius 2 is 1.76 bits per heavy atom. The molecule has 2 aromatic heterocycles. The van der Waals surface area contributed by atoms with E-state index in [1.807, 2.05) is 6.92 Å². The van der Waals surface area contributed by atoms with Gasteiger partial charge in [0.15, 0.2) is 6.61 Å². The Morgan fingerprint density at radius 3 is 2.45 bits per heavy atom. The van der Waals surface area contributed by atoms with Crippen molar-refractivity contribution in [2.75, 3.05) is 13.2 Å². The van der Waals surface area contributed by atoms with Gasteiger partial charge < -0.3 is 14.5 Å². The molecule has 9 nitrogen and oxygen atoms in total. The zero-order valence-corrected chi connectivity index (χ0v) is 16.7. The molecular formula is C20H22N4O5. The van der Waals surface area contributed by atoms with E-state index in [-0.39, 0.29) is 23.3 Å². The van der Waals surface area contributed by atoms with Crippen LogP contribution in [0.1, 0.15) is 56.3 Å². The Bertz CT molecular complexity index is 1100. The zero-order valence-electron chi connectivity index (χ0n) is 16.7. The molecule has 0 aliphatic heterocycles. The summed E-state index contributed by atoms with van der Waals surface area (Å²) in [6.07, 6.45) is 0. The van der Waals surface area contributed by atoms with Gasteiger partial charge in [-0.25, -0.2) is 14.3 Å². The second-order valence-electron chi connectivity index (χ2n) is 6.45. The number of carbonyl (C=O) groups excluding carboxylic acids is 3. The summed E-state index contributed by atoms with van der Waals surface area (Å²) in [5, 5.41) is 8.02. The number of aromatic amines is 1. The Balaban J connectivity index is 1.76. The lowest BCUT2D eigenvalue weighted by atomic mass is 10.1. The quantitative estimate of drug-likeness (QED) is 0.480. The van der Waals surface area contributed by atoms with Crippen molar-refractivity contribution in [3.8, 4) is 0 Å². The molecule has 9 heteroatoms. The first-order chi connectivity index (χ1) is 13.9. The number of ether oxygens (including phenoxy) is 2. The van der Waals surface area contributed by atoms with Crippen LogP contribution in [0.4, 0.5) is 0 Å². The lowest BCUT2D eigenvalue weighted by Gasteiger charge is -2.07. The topological polar surface area (TPSA) is 116 Å². The van der Waals surface area contributed by atoms with Crippen molar-refractivity contribution in [3.63, 3.8) is 0 Å². The van der Waals surface area contributed by atoms with Crippen LogP contribution < -0.4 is 0 Å². The first-order valence-electron chi connectivity index (χ1n) is 9.27. The Labute approximate surface area is 167 Å². The monoisotopic (exact) mass is 398 g/mol. The maximum atomic E-state index is 12.7. The number of esters is 2. The Morgan fingerprint density at radius 1 is 1.03 bits per heavy atom. The van der Waals surface area contributed by atoms with Crippen LogP contribution in [-0.2, 0) is 16.0 Å². The number of fused-ring (bicyclic) bond motifs is 1. The van der Waals surface area contributed by atoms with Crippen molar-refractivity contribution in [2.24, 2.45) is 0 Å². The fourth-order valence-corrected chi connectivity index (χ4v) is 3.21. The van der Waals surface area contributed by atoms with E-state index in [2.05, 4.69) is 15.3 Å². The molecule has 0 radical (unpaired) electrons. The number of benzene rings is 1. The van der Waals surface area contributed by atoms with Crippen molar-refractivity contribution >= 4 is 28.8 Å². The van der Waals surface area contributed by atoms with Gasteiger partial charge in [-0.1, -0.05) is 5.21 Å². The van der Waals surface area contributed by atoms with Crippen LogP contribution >= 0.6 is 0 Å². The lowest BCUT2D eigenvalue weighted by molar-refractivity contribution is 0.0472. The van der Waals surface area contributed by atoms with Crippen molar-refractivity contribution in [1.29, 1.82) is 0 Å². The highest BCUT2D eigenvalue weighted by Crippen LogP contribution is 2.21. The number of nitrogens with one attached hydrogen (secondary N) is 1. The third-order valence-electron chi connectivity index (χ3n) is 4.52. The van der Waals surface area contributed by atoms with E-state index in [4.69, 9.17) is 9.47 Å². The second kappa shape index (κ2) is 8.26. The van der Waals surface area contributed by atoms with E-state index in [0.717, 1.165) is 5.52 Å². The summed E-state index contributed by atoms with van der Waals surface area (Å²) in [7, 11) is 0. The van der Waals surface area contributed by atoms with Crippen molar-refractivity contribution in [2.45, 2.75) is 34.2 Å². The summed E-state index contributed by atoms with van der Waals surface area (Å²) in [6.45, 7) is 7.34. The maximum absolute atomic E-state index is 12.7. The van der Waals surface area contributed by atoms with Crippen LogP contribution in [0.15, 0.2) is 18.2 Å². The summed E-state index contributed by atoms with van der Waals surface area (Å²) in [6, 6.07) is 4.90. The minimum absolute atomic E-state index is 0.169. The molecule has 152 valence electrons. The maximum Gasteiger partial charge on any atom is 0.340 e. The molecule has 1 N–H and O–H groups in total. The molecule has 0 fully saturated rings. The number of H-pyrrole nitrogens is 1. The zero-order chi connectivity index (χ0) is 21.1. The highest BCUT2D eigenvalue weighted by molar-refractivity contribution is 6.09. The van der Waals surface area contributed by atoms with E-state index >= 15 is 0 Å². The predicted octanol–water partition coefficient (Wildman–Crippen LogP) is 2.61. The summed E-state index contributed by atoms with van der Waals surface area (Å²) >= 11 is 0. The number of carbonyl (C=O) groups is 3. The van der Waals surface area contributed by atoms with Crippen molar-refractivity contribution in [1.82, 2.24) is 20.0 Å². The minimum atomic E-state index is -0.658. The van der Waals surface area contributed by atoms with Crippen LogP contribution in [0, 0.1) is 13.8 Å². The highest BCUT2D eigenvalue weighted by atomic mass is 16.5. The number of aryl methyl sites for hydroxylation is 3. The molecule has 0 aliphatic carbocycles. The number of nitrogens with zero attached hydrogens (tertiary/aromatic N) is 3. The summed E-state index contributed by atoms with van der Waals surface area (Å²) < 4.78 is 11.9. The normalized spacial score (nSPS) is 10.9. The van der Waals surface area contributed by atoms with Crippen LogP contribution in [0.3, 0.4) is 0 Å². The molecule has 29 heavy (non-hydrogen) atoms. The number of Topliss-reactive ketones (excluding diaryl/α,β-unsaturated/α-hetero) is 1. The van der Waals surface area contributed by atoms with Gasteiger partial charge in [-0.3, -0.25) is 4.79 Å². The molecule has 0 atom stereocenters. The molecule has 0 unspecified atom stereocenters. The molecule has 0 spiro atoms. The highest BCUT2D eigenvalue weighted by Gasteiger charge is 2.26. The molecule has 3 aromatic rings. The standard InChI is InChI=1S/C20H22N4O5/c1-5-24-15-8-7-13(9-14(15)22-23-24)19(26)29-10-16(25)17-11(3)21-12(4)18(17)20(27)28-6-2/h7-9,21H,5-6,10H2,1-4H3. The van der Waals surface area contributed by atoms with E-state index in [1.54, 1.807) is 43.7 Å². The molecular weight excluding hydrogens is 376 g/mol. The number of aromatic nitrogens is 4. The second-order valence-corrected chi connectivity index (χ2v) is 6.45. The SMILES string of the molecule is CCOC(=O)c1c(C)[nH]c(C)c1C(=O)COC(=O)c1ccc2c(c1)nnn2CC. The third-order valence-corrected chi connectivity index (χ3v) is 4.52. The largest absolute Gasteiger partial charge is 0.462 e. The van der Waals surface area contributed by atoms with Gasteiger partial charge in [0, 0.05) is 17.9 Å². The van der Waals surface area contributed by atoms with E-state index in [1.165, 1.54) is 0 Å². The Hall–Kier alpha value is -3.49. The molecule has 2 heterocycles.